The van der Waals surface area contributed by atoms with E-state index in [2.05, 4.69) is 46.1 Å². The predicted molar refractivity (Wildman–Crippen MR) is 93.8 cm³/mol. The minimum absolute atomic E-state index is 0.0568. The molecule has 0 aliphatic carbocycles. The van der Waals surface area contributed by atoms with Gasteiger partial charge in [0.15, 0.2) is 5.96 Å². The Labute approximate surface area is 136 Å². The molecule has 2 aromatic rings. The van der Waals surface area contributed by atoms with Crippen LogP contribution in [0.4, 0.5) is 0 Å². The Kier molecular flexibility index (Phi) is 6.27. The summed E-state index contributed by atoms with van der Waals surface area (Å²) in [5.74, 6) is 1.71. The zero-order valence-corrected chi connectivity index (χ0v) is 14.1. The van der Waals surface area contributed by atoms with Gasteiger partial charge in [-0.25, -0.2) is 0 Å². The van der Waals surface area contributed by atoms with Crippen molar-refractivity contribution in [2.24, 2.45) is 4.99 Å². The minimum Gasteiger partial charge on any atom is -0.489 e. The maximum Gasteiger partial charge on any atom is 0.191 e. The van der Waals surface area contributed by atoms with E-state index < -0.39 is 0 Å². The van der Waals surface area contributed by atoms with E-state index in [1.165, 1.54) is 4.88 Å². The first-order valence-electron chi connectivity index (χ1n) is 7.38. The van der Waals surface area contributed by atoms with E-state index in [-0.39, 0.29) is 6.10 Å². The summed E-state index contributed by atoms with van der Waals surface area (Å²) in [6.07, 6.45) is 0.0568. The zero-order valence-electron chi connectivity index (χ0n) is 13.3. The number of rotatable bonds is 6. The lowest BCUT2D eigenvalue weighted by molar-refractivity contribution is 0.222. The Hall–Kier alpha value is -2.01. The first-order valence-corrected chi connectivity index (χ1v) is 8.26. The van der Waals surface area contributed by atoms with Crippen molar-refractivity contribution in [3.8, 4) is 5.75 Å². The van der Waals surface area contributed by atoms with Crippen LogP contribution in [0, 0.1) is 6.92 Å². The molecule has 1 atom stereocenters. The highest BCUT2D eigenvalue weighted by Gasteiger charge is 2.07. The molecule has 118 valence electrons. The Balaban J connectivity index is 1.76. The molecule has 1 aromatic carbocycles. The molecule has 1 unspecified atom stereocenters. The molecule has 2 N–H and O–H groups in total. The molecule has 0 radical (unpaired) electrons. The van der Waals surface area contributed by atoms with Gasteiger partial charge in [-0.05, 0) is 36.9 Å². The molecule has 0 spiro atoms. The molecular weight excluding hydrogens is 294 g/mol. The summed E-state index contributed by atoms with van der Waals surface area (Å²) in [6.45, 7) is 5.58. The second-order valence-electron chi connectivity index (χ2n) is 5.08. The maximum atomic E-state index is 5.95. The second-order valence-corrected chi connectivity index (χ2v) is 6.11. The molecule has 1 heterocycles. The number of benzene rings is 1. The SMILES string of the molecule is CN=C(NCc1cccs1)NCC(C)Oc1ccccc1C. The zero-order chi connectivity index (χ0) is 15.8. The predicted octanol–water partition coefficient (Wildman–Crippen LogP) is 3.19. The third kappa shape index (κ3) is 5.07. The molecular formula is C17H23N3OS. The molecule has 4 nitrogen and oxygen atoms in total. The van der Waals surface area contributed by atoms with Gasteiger partial charge in [-0.3, -0.25) is 4.99 Å². The summed E-state index contributed by atoms with van der Waals surface area (Å²) in [4.78, 5) is 5.51. The lowest BCUT2D eigenvalue weighted by Gasteiger charge is -2.18. The maximum absolute atomic E-state index is 5.95. The Bertz CT molecular complexity index is 596. The average Bonchev–Trinajstić information content (AvgIpc) is 3.03. The van der Waals surface area contributed by atoms with Gasteiger partial charge in [0.1, 0.15) is 11.9 Å². The molecule has 22 heavy (non-hydrogen) atoms. The van der Waals surface area contributed by atoms with Crippen molar-refractivity contribution < 1.29 is 4.74 Å². The Morgan fingerprint density at radius 2 is 2.05 bits per heavy atom. The number of aryl methyl sites for hydroxylation is 1. The van der Waals surface area contributed by atoms with Crippen molar-refractivity contribution in [1.82, 2.24) is 10.6 Å². The van der Waals surface area contributed by atoms with Crippen LogP contribution in [0.5, 0.6) is 5.75 Å². The van der Waals surface area contributed by atoms with Gasteiger partial charge in [0.25, 0.3) is 0 Å². The van der Waals surface area contributed by atoms with Crippen LogP contribution in [-0.4, -0.2) is 25.7 Å². The fourth-order valence-electron chi connectivity index (χ4n) is 1.99. The highest BCUT2D eigenvalue weighted by Crippen LogP contribution is 2.17. The van der Waals surface area contributed by atoms with Crippen molar-refractivity contribution in [3.05, 3.63) is 52.2 Å². The fourth-order valence-corrected chi connectivity index (χ4v) is 2.64. The van der Waals surface area contributed by atoms with E-state index in [0.29, 0.717) is 6.54 Å². The van der Waals surface area contributed by atoms with Gasteiger partial charge in [0.05, 0.1) is 13.1 Å². The summed E-state index contributed by atoms with van der Waals surface area (Å²) in [7, 11) is 1.77. The van der Waals surface area contributed by atoms with Gasteiger partial charge >= 0.3 is 0 Å². The average molecular weight is 317 g/mol. The first kappa shape index (κ1) is 16.4. The molecule has 5 heteroatoms. The highest BCUT2D eigenvalue weighted by molar-refractivity contribution is 7.09. The van der Waals surface area contributed by atoms with Crippen LogP contribution < -0.4 is 15.4 Å². The van der Waals surface area contributed by atoms with Crippen LogP contribution in [-0.2, 0) is 6.54 Å². The van der Waals surface area contributed by atoms with Crippen molar-refractivity contribution in [1.29, 1.82) is 0 Å². The summed E-state index contributed by atoms with van der Waals surface area (Å²) in [6, 6.07) is 12.2. The van der Waals surface area contributed by atoms with Crippen molar-refractivity contribution in [2.75, 3.05) is 13.6 Å². The molecule has 1 aromatic heterocycles. The van der Waals surface area contributed by atoms with E-state index in [0.717, 1.165) is 23.8 Å². The molecule has 0 saturated carbocycles. The second kappa shape index (κ2) is 8.44. The van der Waals surface area contributed by atoms with Crippen LogP contribution >= 0.6 is 11.3 Å². The summed E-state index contributed by atoms with van der Waals surface area (Å²) in [5.41, 5.74) is 1.15. The summed E-state index contributed by atoms with van der Waals surface area (Å²) < 4.78 is 5.95. The number of hydrogen-bond donors (Lipinski definition) is 2. The van der Waals surface area contributed by atoms with Gasteiger partial charge in [-0.15, -0.1) is 11.3 Å². The van der Waals surface area contributed by atoms with Crippen LogP contribution in [0.1, 0.15) is 17.4 Å². The minimum atomic E-state index is 0.0568. The largest absolute Gasteiger partial charge is 0.489 e. The standard InChI is InChI=1S/C17H23N3OS/c1-13-7-4-5-9-16(13)21-14(2)11-19-17(18-3)20-12-15-8-6-10-22-15/h4-10,14H,11-12H2,1-3H3,(H2,18,19,20). The topological polar surface area (TPSA) is 45.7 Å². The quantitative estimate of drug-likeness (QED) is 0.635. The summed E-state index contributed by atoms with van der Waals surface area (Å²) >= 11 is 1.73. The van der Waals surface area contributed by atoms with Crippen LogP contribution in [0.25, 0.3) is 0 Å². The van der Waals surface area contributed by atoms with Crippen LogP contribution in [0.15, 0.2) is 46.8 Å². The van der Waals surface area contributed by atoms with Gasteiger partial charge in [0, 0.05) is 11.9 Å². The number of nitrogens with one attached hydrogen (secondary N) is 2. The van der Waals surface area contributed by atoms with E-state index in [9.17, 15) is 0 Å². The normalized spacial score (nSPS) is 12.8. The first-order chi connectivity index (χ1) is 10.7. The molecule has 2 rings (SSSR count). The summed E-state index contributed by atoms with van der Waals surface area (Å²) in [5, 5.41) is 8.66. The lowest BCUT2D eigenvalue weighted by atomic mass is 10.2. The number of thiophene rings is 1. The van der Waals surface area contributed by atoms with Crippen LogP contribution in [0.3, 0.4) is 0 Å². The van der Waals surface area contributed by atoms with E-state index in [1.807, 2.05) is 25.1 Å². The van der Waals surface area contributed by atoms with Crippen molar-refractivity contribution in [2.45, 2.75) is 26.5 Å². The van der Waals surface area contributed by atoms with Gasteiger partial charge in [0.2, 0.25) is 0 Å². The number of nitrogens with zero attached hydrogens (tertiary/aromatic N) is 1. The smallest absolute Gasteiger partial charge is 0.191 e. The molecule has 0 fully saturated rings. The molecule has 0 aliphatic heterocycles. The van der Waals surface area contributed by atoms with Crippen LogP contribution in [0.2, 0.25) is 0 Å². The number of guanidine groups is 1. The highest BCUT2D eigenvalue weighted by atomic mass is 32.1. The van der Waals surface area contributed by atoms with E-state index in [1.54, 1.807) is 18.4 Å². The Morgan fingerprint density at radius 3 is 2.73 bits per heavy atom. The van der Waals surface area contributed by atoms with Gasteiger partial charge in [-0.2, -0.15) is 0 Å². The fraction of sp³-hybridized carbons (Fsp3) is 0.353. The Morgan fingerprint density at radius 1 is 1.23 bits per heavy atom. The third-order valence-electron chi connectivity index (χ3n) is 3.21. The van der Waals surface area contributed by atoms with Crippen molar-refractivity contribution >= 4 is 17.3 Å². The molecule has 0 amide bonds. The van der Waals surface area contributed by atoms with E-state index in [4.69, 9.17) is 4.74 Å². The number of para-hydroxylation sites is 1. The van der Waals surface area contributed by atoms with Gasteiger partial charge in [-0.1, -0.05) is 24.3 Å². The molecule has 0 aliphatic rings. The third-order valence-corrected chi connectivity index (χ3v) is 4.09. The number of hydrogen-bond acceptors (Lipinski definition) is 3. The number of aliphatic imine (C=N–C) groups is 1. The van der Waals surface area contributed by atoms with Crippen molar-refractivity contribution in [3.63, 3.8) is 0 Å². The molecule has 0 saturated heterocycles. The lowest BCUT2D eigenvalue weighted by Crippen LogP contribution is -2.41. The monoisotopic (exact) mass is 317 g/mol. The van der Waals surface area contributed by atoms with Gasteiger partial charge < -0.3 is 15.4 Å². The number of ether oxygens (including phenoxy) is 1. The molecule has 0 bridgehead atoms. The van der Waals surface area contributed by atoms with E-state index >= 15 is 0 Å².